The van der Waals surface area contributed by atoms with Crippen LogP contribution in [-0.4, -0.2) is 36.6 Å². The van der Waals surface area contributed by atoms with Gasteiger partial charge in [0.05, 0.1) is 37.1 Å². The van der Waals surface area contributed by atoms with Crippen LogP contribution in [0.4, 0.5) is 0 Å². The first kappa shape index (κ1) is 12.4. The van der Waals surface area contributed by atoms with Crippen LogP contribution in [0.25, 0.3) is 0 Å². The molecule has 3 heterocycles. The van der Waals surface area contributed by atoms with Crippen molar-refractivity contribution in [1.82, 2.24) is 0 Å². The summed E-state index contributed by atoms with van der Waals surface area (Å²) in [4.78, 5) is 0. The van der Waals surface area contributed by atoms with E-state index in [1.165, 1.54) is 0 Å². The van der Waals surface area contributed by atoms with Gasteiger partial charge in [0, 0.05) is 12.3 Å². The Bertz CT molecular complexity index is 367. The van der Waals surface area contributed by atoms with Crippen molar-refractivity contribution in [2.45, 2.75) is 69.5 Å². The summed E-state index contributed by atoms with van der Waals surface area (Å²) in [5.74, 6) is 0.0597. The van der Waals surface area contributed by atoms with Gasteiger partial charge in [-0.25, -0.2) is 0 Å². The van der Waals surface area contributed by atoms with Crippen molar-refractivity contribution in [2.75, 3.05) is 6.61 Å². The highest BCUT2D eigenvalue weighted by atomic mass is 16.6. The second-order valence-electron chi connectivity index (χ2n) is 6.03. The lowest BCUT2D eigenvalue weighted by Crippen LogP contribution is -2.53. The average Bonchev–Trinajstić information content (AvgIpc) is 2.68. The van der Waals surface area contributed by atoms with Crippen LogP contribution in [-0.2, 0) is 14.2 Å². The molecule has 3 aliphatic rings. The Balaban J connectivity index is 1.69. The van der Waals surface area contributed by atoms with Gasteiger partial charge in [-0.3, -0.25) is 0 Å². The van der Waals surface area contributed by atoms with Gasteiger partial charge < -0.3 is 14.2 Å². The minimum Gasteiger partial charge on any atom is -0.373 e. The largest absolute Gasteiger partial charge is 0.373 e. The molecule has 0 radical (unpaired) electrons. The van der Waals surface area contributed by atoms with Crippen LogP contribution in [0, 0.1) is 17.2 Å². The molecule has 6 atom stereocenters. The van der Waals surface area contributed by atoms with Crippen molar-refractivity contribution in [1.29, 1.82) is 5.26 Å². The maximum absolute atomic E-state index is 8.91. The van der Waals surface area contributed by atoms with E-state index in [9.17, 15) is 0 Å². The van der Waals surface area contributed by atoms with Crippen LogP contribution in [0.15, 0.2) is 0 Å². The lowest BCUT2D eigenvalue weighted by Gasteiger charge is -2.43. The minimum atomic E-state index is -0.227. The van der Waals surface area contributed by atoms with Crippen LogP contribution in [0.2, 0.25) is 0 Å². The molecule has 100 valence electrons. The highest BCUT2D eigenvalue weighted by Crippen LogP contribution is 2.46. The Morgan fingerprint density at radius 1 is 1.44 bits per heavy atom. The van der Waals surface area contributed by atoms with Gasteiger partial charge in [-0.1, -0.05) is 0 Å². The quantitative estimate of drug-likeness (QED) is 0.753. The molecule has 3 rings (SSSR count). The van der Waals surface area contributed by atoms with Crippen LogP contribution in [0.3, 0.4) is 0 Å². The molecule has 2 bridgehead atoms. The first-order valence-electron chi connectivity index (χ1n) is 6.97. The Hall–Kier alpha value is -0.630. The average molecular weight is 251 g/mol. The topological polar surface area (TPSA) is 51.5 Å². The number of nitrogens with zero attached hydrogens (tertiary/aromatic N) is 1. The Morgan fingerprint density at radius 3 is 3.06 bits per heavy atom. The highest BCUT2D eigenvalue weighted by molar-refractivity contribution is 5.05. The molecule has 3 aliphatic heterocycles. The summed E-state index contributed by atoms with van der Waals surface area (Å²) in [5, 5.41) is 8.91. The van der Waals surface area contributed by atoms with Gasteiger partial charge >= 0.3 is 0 Å². The van der Waals surface area contributed by atoms with Crippen molar-refractivity contribution in [3.63, 3.8) is 0 Å². The number of ether oxygens (including phenoxy) is 3. The summed E-state index contributed by atoms with van der Waals surface area (Å²) in [7, 11) is 0. The van der Waals surface area contributed by atoms with Crippen molar-refractivity contribution in [3.05, 3.63) is 0 Å². The first-order valence-corrected chi connectivity index (χ1v) is 6.97. The predicted molar refractivity (Wildman–Crippen MR) is 64.9 cm³/mol. The molecule has 3 fully saturated rings. The monoisotopic (exact) mass is 251 g/mol. The summed E-state index contributed by atoms with van der Waals surface area (Å²) >= 11 is 0. The smallest absolute Gasteiger partial charge is 0.120 e. The molecule has 3 saturated heterocycles. The van der Waals surface area contributed by atoms with E-state index in [-0.39, 0.29) is 35.9 Å². The SMILES string of the molecule is C[C@@H](C#N)CC1CCC2OC3CC2(CO[C@@H]3C)O1. The molecule has 4 nitrogen and oxygen atoms in total. The number of rotatable bonds is 2. The van der Waals surface area contributed by atoms with Gasteiger partial charge in [-0.15, -0.1) is 0 Å². The van der Waals surface area contributed by atoms with Gasteiger partial charge in [0.15, 0.2) is 0 Å². The molecule has 0 aromatic carbocycles. The third kappa shape index (κ3) is 1.95. The third-order valence-corrected chi connectivity index (χ3v) is 4.58. The molecule has 4 heteroatoms. The summed E-state index contributed by atoms with van der Waals surface area (Å²) in [6, 6.07) is 2.29. The lowest BCUT2D eigenvalue weighted by atomic mass is 9.84. The molecule has 0 N–H and O–H groups in total. The van der Waals surface area contributed by atoms with E-state index < -0.39 is 0 Å². The zero-order valence-electron chi connectivity index (χ0n) is 11.1. The molecule has 0 aromatic rings. The normalized spacial score (nSPS) is 48.3. The van der Waals surface area contributed by atoms with Gasteiger partial charge in [0.1, 0.15) is 5.60 Å². The zero-order chi connectivity index (χ0) is 12.8. The third-order valence-electron chi connectivity index (χ3n) is 4.58. The fourth-order valence-electron chi connectivity index (χ4n) is 3.49. The summed E-state index contributed by atoms with van der Waals surface area (Å²) in [6.45, 7) is 4.68. The van der Waals surface area contributed by atoms with E-state index >= 15 is 0 Å². The second kappa shape index (κ2) is 4.48. The van der Waals surface area contributed by atoms with E-state index in [0.717, 1.165) is 25.7 Å². The van der Waals surface area contributed by atoms with Gasteiger partial charge in [-0.05, 0) is 33.1 Å². The van der Waals surface area contributed by atoms with Crippen LogP contribution < -0.4 is 0 Å². The molecular weight excluding hydrogens is 230 g/mol. The van der Waals surface area contributed by atoms with Crippen molar-refractivity contribution >= 4 is 0 Å². The van der Waals surface area contributed by atoms with Crippen molar-refractivity contribution in [3.8, 4) is 6.07 Å². The molecule has 1 spiro atoms. The van der Waals surface area contributed by atoms with E-state index in [4.69, 9.17) is 19.5 Å². The van der Waals surface area contributed by atoms with E-state index in [2.05, 4.69) is 13.0 Å². The highest BCUT2D eigenvalue weighted by Gasteiger charge is 2.57. The van der Waals surface area contributed by atoms with Gasteiger partial charge in [-0.2, -0.15) is 5.26 Å². The number of fused-ring (bicyclic) bond motifs is 1. The Morgan fingerprint density at radius 2 is 2.28 bits per heavy atom. The van der Waals surface area contributed by atoms with E-state index in [1.807, 2.05) is 6.92 Å². The maximum Gasteiger partial charge on any atom is 0.120 e. The number of hydrogen-bond acceptors (Lipinski definition) is 4. The summed E-state index contributed by atoms with van der Waals surface area (Å²) < 4.78 is 18.1. The molecule has 0 aliphatic carbocycles. The molecule has 0 amide bonds. The first-order chi connectivity index (χ1) is 8.63. The fourth-order valence-corrected chi connectivity index (χ4v) is 3.49. The Labute approximate surface area is 108 Å². The Kier molecular flexibility index (Phi) is 3.09. The second-order valence-corrected chi connectivity index (χ2v) is 6.03. The predicted octanol–water partition coefficient (Wildman–Crippen LogP) is 2.03. The van der Waals surface area contributed by atoms with Crippen molar-refractivity contribution in [2.24, 2.45) is 5.92 Å². The molecule has 0 saturated carbocycles. The molecule has 4 unspecified atom stereocenters. The number of nitriles is 1. The maximum atomic E-state index is 8.91. The van der Waals surface area contributed by atoms with Crippen LogP contribution in [0.1, 0.15) is 39.5 Å². The fraction of sp³-hybridized carbons (Fsp3) is 0.929. The van der Waals surface area contributed by atoms with Gasteiger partial charge in [0.25, 0.3) is 0 Å². The molecule has 0 aromatic heterocycles. The summed E-state index contributed by atoms with van der Waals surface area (Å²) in [5.41, 5.74) is -0.227. The van der Waals surface area contributed by atoms with E-state index in [0.29, 0.717) is 6.61 Å². The van der Waals surface area contributed by atoms with E-state index in [1.54, 1.807) is 0 Å². The van der Waals surface area contributed by atoms with Gasteiger partial charge in [0.2, 0.25) is 0 Å². The zero-order valence-corrected chi connectivity index (χ0v) is 11.1. The molecule has 18 heavy (non-hydrogen) atoms. The standard InChI is InChI=1S/C14H21NO3/c1-9(7-15)5-11-3-4-13-14(18-11)6-12(17-13)10(2)16-8-14/h9-13H,3-6,8H2,1-2H3/t9-,10-,11?,12?,13?,14?/m1/s1. The minimum absolute atomic E-state index is 0.0597. The van der Waals surface area contributed by atoms with Crippen LogP contribution >= 0.6 is 0 Å². The van der Waals surface area contributed by atoms with Crippen molar-refractivity contribution < 1.29 is 14.2 Å². The van der Waals surface area contributed by atoms with Crippen LogP contribution in [0.5, 0.6) is 0 Å². The summed E-state index contributed by atoms with van der Waals surface area (Å²) in [6.07, 6.45) is 4.57. The lowest BCUT2D eigenvalue weighted by molar-refractivity contribution is -0.191. The number of hydrogen-bond donors (Lipinski definition) is 0. The molecular formula is C14H21NO3.